The highest BCUT2D eigenvalue weighted by Gasteiger charge is 2.32. The van der Waals surface area contributed by atoms with E-state index in [-0.39, 0.29) is 23.1 Å². The fourth-order valence-electron chi connectivity index (χ4n) is 2.74. The lowest BCUT2D eigenvalue weighted by molar-refractivity contribution is -0.128. The van der Waals surface area contributed by atoms with Crippen LogP contribution >= 0.6 is 0 Å². The predicted octanol–water partition coefficient (Wildman–Crippen LogP) is 3.18. The van der Waals surface area contributed by atoms with Crippen molar-refractivity contribution in [1.82, 2.24) is 4.90 Å². The van der Waals surface area contributed by atoms with Gasteiger partial charge < -0.3 is 4.90 Å². The van der Waals surface area contributed by atoms with Gasteiger partial charge in [-0.15, -0.1) is 0 Å². The molecule has 0 bridgehead atoms. The number of benzene rings is 1. The number of Topliss-reactive ketones (excluding diaryl/α,β-unsaturated/α-hetero) is 1. The third-order valence-corrected chi connectivity index (χ3v) is 4.00. The number of nitrogens with zero attached hydrogens (tertiary/aromatic N) is 1. The van der Waals surface area contributed by atoms with Gasteiger partial charge in [0.2, 0.25) is 5.91 Å². The molecule has 1 atom stereocenters. The third-order valence-electron chi connectivity index (χ3n) is 4.00. The summed E-state index contributed by atoms with van der Waals surface area (Å²) in [6, 6.07) is 7.53. The van der Waals surface area contributed by atoms with E-state index >= 15 is 0 Å². The summed E-state index contributed by atoms with van der Waals surface area (Å²) in [6.45, 7) is 8.69. The van der Waals surface area contributed by atoms with Crippen molar-refractivity contribution in [3.63, 3.8) is 0 Å². The van der Waals surface area contributed by atoms with Crippen LogP contribution in [0.2, 0.25) is 0 Å². The average molecular weight is 273 g/mol. The van der Waals surface area contributed by atoms with Crippen molar-refractivity contribution in [2.45, 2.75) is 52.0 Å². The van der Waals surface area contributed by atoms with Gasteiger partial charge in [-0.2, -0.15) is 0 Å². The van der Waals surface area contributed by atoms with E-state index in [1.54, 1.807) is 4.90 Å². The van der Waals surface area contributed by atoms with Gasteiger partial charge in [0, 0.05) is 19.0 Å². The molecule has 3 nitrogen and oxygen atoms in total. The topological polar surface area (TPSA) is 37.4 Å². The van der Waals surface area contributed by atoms with Gasteiger partial charge in [0.25, 0.3) is 0 Å². The summed E-state index contributed by atoms with van der Waals surface area (Å²) in [5, 5.41) is 0. The minimum atomic E-state index is -0.270. The highest BCUT2D eigenvalue weighted by molar-refractivity contribution is 6.02. The SMILES string of the molecule is CC(=O)N1CCCC1C(=O)c1ccc(C(C)(C)C)cc1. The van der Waals surface area contributed by atoms with Gasteiger partial charge in [-0.05, 0) is 23.8 Å². The second-order valence-electron chi connectivity index (χ2n) is 6.56. The molecule has 20 heavy (non-hydrogen) atoms. The normalized spacial score (nSPS) is 19.2. The minimum Gasteiger partial charge on any atom is -0.333 e. The molecule has 1 saturated heterocycles. The van der Waals surface area contributed by atoms with Crippen LogP contribution in [0.3, 0.4) is 0 Å². The van der Waals surface area contributed by atoms with Crippen LogP contribution in [0.4, 0.5) is 0 Å². The first-order valence-electron chi connectivity index (χ1n) is 7.22. The Morgan fingerprint density at radius 3 is 2.25 bits per heavy atom. The summed E-state index contributed by atoms with van der Waals surface area (Å²) in [5.74, 6) is 0.0605. The number of likely N-dealkylation sites (tertiary alicyclic amines) is 1. The zero-order valence-electron chi connectivity index (χ0n) is 12.8. The molecule has 1 aromatic carbocycles. The van der Waals surface area contributed by atoms with Crippen LogP contribution in [0.5, 0.6) is 0 Å². The zero-order chi connectivity index (χ0) is 14.9. The Morgan fingerprint density at radius 2 is 1.75 bits per heavy atom. The van der Waals surface area contributed by atoms with Crippen molar-refractivity contribution in [1.29, 1.82) is 0 Å². The van der Waals surface area contributed by atoms with Crippen LogP contribution < -0.4 is 0 Å². The van der Waals surface area contributed by atoms with E-state index in [0.717, 1.165) is 12.8 Å². The smallest absolute Gasteiger partial charge is 0.220 e. The molecule has 2 rings (SSSR count). The molecule has 3 heteroatoms. The molecule has 0 spiro atoms. The fraction of sp³-hybridized carbons (Fsp3) is 0.529. The van der Waals surface area contributed by atoms with E-state index in [9.17, 15) is 9.59 Å². The molecule has 1 unspecified atom stereocenters. The van der Waals surface area contributed by atoms with Gasteiger partial charge in [-0.25, -0.2) is 0 Å². The standard InChI is InChI=1S/C17H23NO2/c1-12(19)18-11-5-6-15(18)16(20)13-7-9-14(10-8-13)17(2,3)4/h7-10,15H,5-6,11H2,1-4H3. The molecule has 108 valence electrons. The van der Waals surface area contributed by atoms with Crippen molar-refractivity contribution in [2.75, 3.05) is 6.54 Å². The Kier molecular flexibility index (Phi) is 3.98. The molecule has 1 fully saturated rings. The summed E-state index contributed by atoms with van der Waals surface area (Å²) < 4.78 is 0. The monoisotopic (exact) mass is 273 g/mol. The molecule has 1 heterocycles. The van der Waals surface area contributed by atoms with E-state index in [2.05, 4.69) is 20.8 Å². The van der Waals surface area contributed by atoms with Crippen LogP contribution in [0, 0.1) is 0 Å². The summed E-state index contributed by atoms with van der Waals surface area (Å²) in [4.78, 5) is 25.8. The Hall–Kier alpha value is -1.64. The minimum absolute atomic E-state index is 0.00726. The fourth-order valence-corrected chi connectivity index (χ4v) is 2.74. The second-order valence-corrected chi connectivity index (χ2v) is 6.56. The van der Waals surface area contributed by atoms with Crippen LogP contribution in [-0.2, 0) is 10.2 Å². The zero-order valence-corrected chi connectivity index (χ0v) is 12.8. The van der Waals surface area contributed by atoms with Crippen LogP contribution in [0.15, 0.2) is 24.3 Å². The van der Waals surface area contributed by atoms with Gasteiger partial charge >= 0.3 is 0 Å². The van der Waals surface area contributed by atoms with Crippen LogP contribution in [0.1, 0.15) is 56.5 Å². The van der Waals surface area contributed by atoms with E-state index < -0.39 is 0 Å². The summed E-state index contributed by atoms with van der Waals surface area (Å²) in [6.07, 6.45) is 1.69. The van der Waals surface area contributed by atoms with Gasteiger partial charge in [0.05, 0.1) is 6.04 Å². The number of hydrogen-bond donors (Lipinski definition) is 0. The molecule has 0 radical (unpaired) electrons. The Balaban J connectivity index is 2.19. The number of carbonyl (C=O) groups is 2. The number of carbonyl (C=O) groups excluding carboxylic acids is 2. The molecule has 0 N–H and O–H groups in total. The lowest BCUT2D eigenvalue weighted by Crippen LogP contribution is -2.39. The summed E-state index contributed by atoms with van der Waals surface area (Å²) in [5.41, 5.74) is 2.00. The predicted molar refractivity (Wildman–Crippen MR) is 79.9 cm³/mol. The van der Waals surface area contributed by atoms with Gasteiger partial charge in [-0.1, -0.05) is 45.0 Å². The van der Waals surface area contributed by atoms with Gasteiger partial charge in [0.15, 0.2) is 5.78 Å². The average Bonchev–Trinajstić information content (AvgIpc) is 2.86. The molecule has 1 amide bonds. The highest BCUT2D eigenvalue weighted by atomic mass is 16.2. The summed E-state index contributed by atoms with van der Waals surface area (Å²) >= 11 is 0. The number of hydrogen-bond acceptors (Lipinski definition) is 2. The molecular weight excluding hydrogens is 250 g/mol. The molecule has 1 aromatic rings. The Bertz CT molecular complexity index is 511. The Labute approximate surface area is 121 Å². The van der Waals surface area contributed by atoms with E-state index in [0.29, 0.717) is 12.1 Å². The van der Waals surface area contributed by atoms with E-state index in [4.69, 9.17) is 0 Å². The highest BCUT2D eigenvalue weighted by Crippen LogP contribution is 2.25. The first-order chi connectivity index (χ1) is 9.30. The van der Waals surface area contributed by atoms with Crippen molar-refractivity contribution in [2.24, 2.45) is 0 Å². The number of ketones is 1. The molecule has 0 saturated carbocycles. The quantitative estimate of drug-likeness (QED) is 0.776. The maximum absolute atomic E-state index is 12.5. The van der Waals surface area contributed by atoms with Gasteiger partial charge in [-0.3, -0.25) is 9.59 Å². The van der Waals surface area contributed by atoms with Crippen molar-refractivity contribution < 1.29 is 9.59 Å². The summed E-state index contributed by atoms with van der Waals surface area (Å²) in [7, 11) is 0. The number of rotatable bonds is 2. The first-order valence-corrected chi connectivity index (χ1v) is 7.22. The lowest BCUT2D eigenvalue weighted by Gasteiger charge is -2.23. The first kappa shape index (κ1) is 14.8. The van der Waals surface area contributed by atoms with E-state index in [1.165, 1.54) is 12.5 Å². The van der Waals surface area contributed by atoms with Crippen LogP contribution in [-0.4, -0.2) is 29.2 Å². The molecule has 1 aliphatic heterocycles. The van der Waals surface area contributed by atoms with Crippen LogP contribution in [0.25, 0.3) is 0 Å². The maximum atomic E-state index is 12.5. The number of amides is 1. The molecule has 0 aromatic heterocycles. The Morgan fingerprint density at radius 1 is 1.15 bits per heavy atom. The molecular formula is C17H23NO2. The van der Waals surface area contributed by atoms with E-state index in [1.807, 2.05) is 24.3 Å². The lowest BCUT2D eigenvalue weighted by atomic mass is 9.86. The second kappa shape index (κ2) is 5.39. The largest absolute Gasteiger partial charge is 0.333 e. The van der Waals surface area contributed by atoms with Crippen molar-refractivity contribution >= 4 is 11.7 Å². The molecule has 0 aliphatic carbocycles. The van der Waals surface area contributed by atoms with Crippen molar-refractivity contribution in [3.05, 3.63) is 35.4 Å². The van der Waals surface area contributed by atoms with Crippen molar-refractivity contribution in [3.8, 4) is 0 Å². The maximum Gasteiger partial charge on any atom is 0.220 e. The third kappa shape index (κ3) is 2.92. The molecule has 1 aliphatic rings. The van der Waals surface area contributed by atoms with Gasteiger partial charge in [0.1, 0.15) is 0 Å².